The number of hydrogen-bond donors (Lipinski definition) is 3. The number of nitro groups is 1. The number of hydrogen-bond acceptors (Lipinski definition) is 7. The molecule has 2 unspecified atom stereocenters. The lowest BCUT2D eigenvalue weighted by Gasteiger charge is -2.16. The summed E-state index contributed by atoms with van der Waals surface area (Å²) in [5.41, 5.74) is 11.0. The van der Waals surface area contributed by atoms with Gasteiger partial charge in [0, 0.05) is 28.3 Å². The third-order valence-electron chi connectivity index (χ3n) is 5.29. The normalized spacial score (nSPS) is 17.6. The molecule has 1 aliphatic rings. The minimum atomic E-state index is -0.517. The van der Waals surface area contributed by atoms with E-state index in [0.717, 1.165) is 16.9 Å². The summed E-state index contributed by atoms with van der Waals surface area (Å²) in [7, 11) is 0. The second kappa shape index (κ2) is 10.9. The third kappa shape index (κ3) is 5.96. The summed E-state index contributed by atoms with van der Waals surface area (Å²) in [4.78, 5) is 22.9. The topological polar surface area (TPSA) is 118 Å². The Kier molecular flexibility index (Phi) is 7.48. The number of carbonyl (C=O) groups excluding carboxylic acids is 1. The molecule has 9 nitrogen and oxygen atoms in total. The van der Waals surface area contributed by atoms with Crippen LogP contribution in [0.15, 0.2) is 77.9 Å². The maximum Gasteiger partial charge on any atom is 0.270 e. The highest BCUT2D eigenvalue weighted by Gasteiger charge is 2.31. The fraction of sp³-hybridized carbons (Fsp3) is 0.167. The molecule has 174 valence electrons. The number of benzene rings is 3. The SMILES string of the molecule is O=C(N/N=C/c1cccc([N+](=O)[O-])c1)C1CC(c2ccccc2OCc2ccc(Cl)cc2)NN1. The largest absolute Gasteiger partial charge is 0.489 e. The van der Waals surface area contributed by atoms with Gasteiger partial charge in [-0.1, -0.05) is 54.1 Å². The van der Waals surface area contributed by atoms with Crippen LogP contribution in [0.25, 0.3) is 0 Å². The highest BCUT2D eigenvalue weighted by Crippen LogP contribution is 2.30. The number of rotatable bonds is 8. The van der Waals surface area contributed by atoms with Gasteiger partial charge in [-0.3, -0.25) is 14.9 Å². The number of ether oxygens (including phenoxy) is 1. The zero-order valence-electron chi connectivity index (χ0n) is 18.0. The van der Waals surface area contributed by atoms with E-state index in [1.807, 2.05) is 48.5 Å². The van der Waals surface area contributed by atoms with Gasteiger partial charge < -0.3 is 4.74 Å². The summed E-state index contributed by atoms with van der Waals surface area (Å²) in [6, 6.07) is 20.5. The van der Waals surface area contributed by atoms with Crippen LogP contribution in [0.2, 0.25) is 5.02 Å². The lowest BCUT2D eigenvalue weighted by atomic mass is 10.0. The molecule has 10 heteroatoms. The Balaban J connectivity index is 1.34. The van der Waals surface area contributed by atoms with Crippen molar-refractivity contribution < 1.29 is 14.5 Å². The van der Waals surface area contributed by atoms with Gasteiger partial charge in [-0.25, -0.2) is 16.3 Å². The zero-order valence-corrected chi connectivity index (χ0v) is 18.7. The molecular weight excluding hydrogens is 458 g/mol. The molecular formula is C24H22ClN5O4. The Hall–Kier alpha value is -3.79. The number of amides is 1. The standard InChI is InChI=1S/C24H22ClN5O4/c25-18-10-8-16(9-11-18)15-34-23-7-2-1-6-20(23)21-13-22(28-27-21)24(31)29-26-14-17-4-3-5-19(12-17)30(32)33/h1-12,14,21-22,27-28H,13,15H2,(H,29,31)/b26-14+. The van der Waals surface area contributed by atoms with Gasteiger partial charge in [0.05, 0.1) is 17.2 Å². The summed E-state index contributed by atoms with van der Waals surface area (Å²) in [6.45, 7) is 0.393. The van der Waals surface area contributed by atoms with Crippen molar-refractivity contribution in [1.29, 1.82) is 0 Å². The van der Waals surface area contributed by atoms with E-state index in [2.05, 4.69) is 21.4 Å². The van der Waals surface area contributed by atoms with E-state index < -0.39 is 11.0 Å². The van der Waals surface area contributed by atoms with Gasteiger partial charge >= 0.3 is 0 Å². The monoisotopic (exact) mass is 479 g/mol. The Labute approximate surface area is 200 Å². The summed E-state index contributed by atoms with van der Waals surface area (Å²) in [5.74, 6) is 0.401. The summed E-state index contributed by atoms with van der Waals surface area (Å²) in [6.07, 6.45) is 1.85. The smallest absolute Gasteiger partial charge is 0.270 e. The first-order valence-electron chi connectivity index (χ1n) is 10.5. The number of halogens is 1. The van der Waals surface area contributed by atoms with E-state index in [1.54, 1.807) is 12.1 Å². The van der Waals surface area contributed by atoms with Crippen LogP contribution in [-0.2, 0) is 11.4 Å². The van der Waals surface area contributed by atoms with Crippen LogP contribution < -0.4 is 21.0 Å². The van der Waals surface area contributed by atoms with E-state index in [-0.39, 0.29) is 17.6 Å². The molecule has 0 bridgehead atoms. The van der Waals surface area contributed by atoms with Crippen LogP contribution in [0.4, 0.5) is 5.69 Å². The third-order valence-corrected chi connectivity index (χ3v) is 5.54. The van der Waals surface area contributed by atoms with E-state index in [4.69, 9.17) is 16.3 Å². The zero-order chi connectivity index (χ0) is 23.9. The van der Waals surface area contributed by atoms with Crippen molar-refractivity contribution >= 4 is 29.4 Å². The minimum absolute atomic E-state index is 0.0447. The van der Waals surface area contributed by atoms with E-state index >= 15 is 0 Å². The summed E-state index contributed by atoms with van der Waals surface area (Å²) >= 11 is 5.94. The maximum atomic E-state index is 12.5. The van der Waals surface area contributed by atoms with Crippen molar-refractivity contribution in [3.63, 3.8) is 0 Å². The average Bonchev–Trinajstić information content (AvgIpc) is 3.34. The summed E-state index contributed by atoms with van der Waals surface area (Å²) < 4.78 is 6.03. The quantitative estimate of drug-likeness (QED) is 0.256. The van der Waals surface area contributed by atoms with Crippen molar-refractivity contribution in [1.82, 2.24) is 16.3 Å². The molecule has 1 aliphatic heterocycles. The fourth-order valence-corrected chi connectivity index (χ4v) is 3.67. The number of para-hydroxylation sites is 1. The summed E-state index contributed by atoms with van der Waals surface area (Å²) in [5, 5.41) is 15.5. The molecule has 1 saturated heterocycles. The van der Waals surface area contributed by atoms with Crippen LogP contribution in [-0.4, -0.2) is 23.1 Å². The lowest BCUT2D eigenvalue weighted by Crippen LogP contribution is -2.41. The van der Waals surface area contributed by atoms with Crippen molar-refractivity contribution in [3.8, 4) is 5.75 Å². The van der Waals surface area contributed by atoms with Crippen LogP contribution in [0.5, 0.6) is 5.75 Å². The Morgan fingerprint density at radius 1 is 1.15 bits per heavy atom. The maximum absolute atomic E-state index is 12.5. The Morgan fingerprint density at radius 3 is 2.74 bits per heavy atom. The lowest BCUT2D eigenvalue weighted by molar-refractivity contribution is -0.384. The van der Waals surface area contributed by atoms with Gasteiger partial charge in [-0.2, -0.15) is 5.10 Å². The molecule has 0 aliphatic carbocycles. The van der Waals surface area contributed by atoms with Crippen molar-refractivity contribution in [2.75, 3.05) is 0 Å². The molecule has 2 atom stereocenters. The molecule has 1 fully saturated rings. The number of nitrogens with zero attached hydrogens (tertiary/aromatic N) is 2. The van der Waals surface area contributed by atoms with Gasteiger partial charge in [-0.15, -0.1) is 0 Å². The number of hydrazine groups is 1. The first kappa shape index (κ1) is 23.4. The van der Waals surface area contributed by atoms with E-state index in [1.165, 1.54) is 18.3 Å². The van der Waals surface area contributed by atoms with Crippen molar-refractivity contribution in [2.45, 2.75) is 25.1 Å². The predicted molar refractivity (Wildman–Crippen MR) is 128 cm³/mol. The molecule has 1 amide bonds. The molecule has 4 rings (SSSR count). The molecule has 0 spiro atoms. The molecule has 34 heavy (non-hydrogen) atoms. The van der Waals surface area contributed by atoms with Crippen LogP contribution in [0, 0.1) is 10.1 Å². The molecule has 3 aromatic rings. The molecule has 0 aromatic heterocycles. The first-order chi connectivity index (χ1) is 16.5. The fourth-order valence-electron chi connectivity index (χ4n) is 3.54. The number of nitrogens with one attached hydrogen (secondary N) is 3. The highest BCUT2D eigenvalue weighted by molar-refractivity contribution is 6.30. The first-order valence-corrected chi connectivity index (χ1v) is 10.9. The van der Waals surface area contributed by atoms with E-state index in [9.17, 15) is 14.9 Å². The molecule has 0 saturated carbocycles. The van der Waals surface area contributed by atoms with Crippen LogP contribution in [0.3, 0.4) is 0 Å². The number of carbonyl (C=O) groups is 1. The van der Waals surface area contributed by atoms with Gasteiger partial charge in [0.1, 0.15) is 18.4 Å². The molecule has 3 N–H and O–H groups in total. The number of nitro benzene ring substituents is 1. The van der Waals surface area contributed by atoms with Crippen molar-refractivity contribution in [2.24, 2.45) is 5.10 Å². The predicted octanol–water partition coefficient (Wildman–Crippen LogP) is 3.89. The second-order valence-corrected chi connectivity index (χ2v) is 8.11. The van der Waals surface area contributed by atoms with Crippen LogP contribution >= 0.6 is 11.6 Å². The van der Waals surface area contributed by atoms with E-state index in [0.29, 0.717) is 23.6 Å². The van der Waals surface area contributed by atoms with Crippen LogP contribution in [0.1, 0.15) is 29.2 Å². The molecule has 0 radical (unpaired) electrons. The Morgan fingerprint density at radius 2 is 1.94 bits per heavy atom. The second-order valence-electron chi connectivity index (χ2n) is 7.67. The molecule has 1 heterocycles. The van der Waals surface area contributed by atoms with Crippen molar-refractivity contribution in [3.05, 3.63) is 105 Å². The number of hydrazone groups is 1. The average molecular weight is 480 g/mol. The Bertz CT molecular complexity index is 1200. The molecule has 3 aromatic carbocycles. The van der Waals surface area contributed by atoms with Gasteiger partial charge in [0.25, 0.3) is 11.6 Å². The van der Waals surface area contributed by atoms with Gasteiger partial charge in [0.2, 0.25) is 0 Å². The highest BCUT2D eigenvalue weighted by atomic mass is 35.5. The van der Waals surface area contributed by atoms with Gasteiger partial charge in [0.15, 0.2) is 0 Å². The minimum Gasteiger partial charge on any atom is -0.489 e. The number of non-ortho nitro benzene ring substituents is 1. The van der Waals surface area contributed by atoms with Gasteiger partial charge in [-0.05, 0) is 30.2 Å².